The first-order chi connectivity index (χ1) is 12.6. The largest absolute Gasteiger partial charge is 0.299 e. The normalized spacial score (nSPS) is 11.2. The zero-order chi connectivity index (χ0) is 18.5. The van der Waals surface area contributed by atoms with E-state index in [4.69, 9.17) is 4.98 Å². The molecule has 0 spiro atoms. The predicted octanol–water partition coefficient (Wildman–Crippen LogP) is 5.89. The second-order valence-electron chi connectivity index (χ2n) is 6.38. The molecule has 0 bridgehead atoms. The number of carbonyl (C=O) groups excluding carboxylic acids is 1. The Morgan fingerprint density at radius 1 is 0.962 bits per heavy atom. The summed E-state index contributed by atoms with van der Waals surface area (Å²) in [7, 11) is 0. The van der Waals surface area contributed by atoms with E-state index in [0.29, 0.717) is 0 Å². The maximum absolute atomic E-state index is 13.4. The lowest BCUT2D eigenvalue weighted by Crippen LogP contribution is -2.01. The van der Waals surface area contributed by atoms with Crippen molar-refractivity contribution in [1.82, 2.24) is 4.98 Å². The van der Waals surface area contributed by atoms with Gasteiger partial charge < -0.3 is 0 Å². The van der Waals surface area contributed by atoms with Crippen molar-refractivity contribution in [2.45, 2.75) is 19.8 Å². The fourth-order valence-corrected chi connectivity index (χ4v) is 2.95. The molecule has 0 fully saturated rings. The second kappa shape index (κ2) is 7.87. The highest BCUT2D eigenvalue weighted by Gasteiger charge is 2.16. The van der Waals surface area contributed by atoms with Crippen molar-refractivity contribution in [3.05, 3.63) is 83.8 Å². The fourth-order valence-electron chi connectivity index (χ4n) is 2.95. The van der Waals surface area contributed by atoms with E-state index in [1.54, 1.807) is 18.2 Å². The first kappa shape index (κ1) is 17.7. The van der Waals surface area contributed by atoms with Gasteiger partial charge in [-0.2, -0.15) is 0 Å². The van der Waals surface area contributed by atoms with Crippen LogP contribution in [0.2, 0.25) is 0 Å². The summed E-state index contributed by atoms with van der Waals surface area (Å²) in [5.74, 6) is -0.107. The van der Waals surface area contributed by atoms with Crippen LogP contribution in [0.4, 0.5) is 4.39 Å². The lowest BCUT2D eigenvalue weighted by molar-refractivity contribution is -0.104. The molecular weight excluding hydrogens is 325 g/mol. The van der Waals surface area contributed by atoms with Gasteiger partial charge in [0.2, 0.25) is 0 Å². The van der Waals surface area contributed by atoms with Gasteiger partial charge in [0.1, 0.15) is 12.1 Å². The summed E-state index contributed by atoms with van der Waals surface area (Å²) in [5, 5.41) is 0. The maximum atomic E-state index is 13.4. The molecule has 0 N–H and O–H groups in total. The van der Waals surface area contributed by atoms with Gasteiger partial charge in [-0.3, -0.25) is 9.78 Å². The molecule has 26 heavy (non-hydrogen) atoms. The highest BCUT2D eigenvalue weighted by atomic mass is 19.1. The molecule has 3 rings (SSSR count). The molecule has 3 aromatic rings. The van der Waals surface area contributed by atoms with Gasteiger partial charge in [0.15, 0.2) is 0 Å². The number of benzene rings is 2. The molecule has 0 aliphatic heterocycles. The number of pyridine rings is 1. The molecule has 0 aliphatic carbocycles. The maximum Gasteiger partial charge on any atom is 0.142 e. The summed E-state index contributed by atoms with van der Waals surface area (Å²) < 4.78 is 13.4. The van der Waals surface area contributed by atoms with Crippen LogP contribution in [0.1, 0.15) is 31.0 Å². The molecule has 0 aliphatic rings. The number of aldehydes is 1. The number of carbonyl (C=O) groups is 1. The lowest BCUT2D eigenvalue weighted by Gasteiger charge is -2.17. The van der Waals surface area contributed by atoms with Crippen LogP contribution in [-0.2, 0) is 4.79 Å². The van der Waals surface area contributed by atoms with Crippen LogP contribution in [0, 0.1) is 5.82 Å². The van der Waals surface area contributed by atoms with Gasteiger partial charge in [0.05, 0.1) is 11.4 Å². The Hall–Kier alpha value is -3.07. The van der Waals surface area contributed by atoms with E-state index in [1.165, 1.54) is 18.2 Å². The zero-order valence-electron chi connectivity index (χ0n) is 14.8. The highest BCUT2D eigenvalue weighted by molar-refractivity contribution is 5.84. The van der Waals surface area contributed by atoms with Crippen LogP contribution in [0.3, 0.4) is 0 Å². The Bertz CT molecular complexity index is 928. The van der Waals surface area contributed by atoms with Gasteiger partial charge in [0.25, 0.3) is 0 Å². The van der Waals surface area contributed by atoms with E-state index < -0.39 is 0 Å². The summed E-state index contributed by atoms with van der Waals surface area (Å²) in [6, 6.07) is 18.3. The van der Waals surface area contributed by atoms with Crippen molar-refractivity contribution in [1.29, 1.82) is 0 Å². The van der Waals surface area contributed by atoms with Crippen molar-refractivity contribution >= 4 is 12.4 Å². The molecule has 1 heterocycles. The smallest absolute Gasteiger partial charge is 0.142 e. The summed E-state index contributed by atoms with van der Waals surface area (Å²) in [6.07, 6.45) is 4.00. The SMILES string of the molecule is CC(C)c1nc(-c2ccccc2)cc(-c2ccc(F)cc2)c1/C=C/C=O. The molecule has 0 amide bonds. The molecular formula is C23H20FNO. The number of aromatic nitrogens is 1. The zero-order valence-corrected chi connectivity index (χ0v) is 14.8. The van der Waals surface area contributed by atoms with Crippen LogP contribution < -0.4 is 0 Å². The third-order valence-corrected chi connectivity index (χ3v) is 4.20. The van der Waals surface area contributed by atoms with Crippen LogP contribution in [0.25, 0.3) is 28.5 Å². The Morgan fingerprint density at radius 2 is 1.65 bits per heavy atom. The number of allylic oxidation sites excluding steroid dienone is 1. The summed E-state index contributed by atoms with van der Waals surface area (Å²) in [5.41, 5.74) is 5.49. The molecule has 0 atom stereocenters. The van der Waals surface area contributed by atoms with Gasteiger partial charge in [-0.05, 0) is 47.4 Å². The third kappa shape index (κ3) is 3.77. The fraction of sp³-hybridized carbons (Fsp3) is 0.130. The van der Waals surface area contributed by atoms with Crippen LogP contribution in [0.15, 0.2) is 66.7 Å². The Morgan fingerprint density at radius 3 is 2.27 bits per heavy atom. The predicted molar refractivity (Wildman–Crippen MR) is 104 cm³/mol. The standard InChI is InChI=1S/C23H20FNO/c1-16(2)23-20(9-6-14-26)21(17-10-12-19(24)13-11-17)15-22(25-23)18-7-4-3-5-8-18/h3-16H,1-2H3/b9-6+. The van der Waals surface area contributed by atoms with E-state index in [1.807, 2.05) is 36.4 Å². The van der Waals surface area contributed by atoms with Crippen LogP contribution >= 0.6 is 0 Å². The second-order valence-corrected chi connectivity index (χ2v) is 6.38. The molecule has 0 saturated heterocycles. The number of halogens is 1. The summed E-state index contributed by atoms with van der Waals surface area (Å²) in [6.45, 7) is 4.15. The van der Waals surface area contributed by atoms with Gasteiger partial charge >= 0.3 is 0 Å². The van der Waals surface area contributed by atoms with E-state index in [0.717, 1.165) is 39.9 Å². The van der Waals surface area contributed by atoms with Crippen molar-refractivity contribution in [2.24, 2.45) is 0 Å². The van der Waals surface area contributed by atoms with Crippen molar-refractivity contribution in [3.8, 4) is 22.4 Å². The molecule has 1 aromatic heterocycles. The molecule has 130 valence electrons. The van der Waals surface area contributed by atoms with Gasteiger partial charge in [-0.1, -0.05) is 56.3 Å². The summed E-state index contributed by atoms with van der Waals surface area (Å²) >= 11 is 0. The monoisotopic (exact) mass is 345 g/mol. The van der Waals surface area contributed by atoms with Gasteiger partial charge in [-0.25, -0.2) is 4.39 Å². The first-order valence-corrected chi connectivity index (χ1v) is 8.58. The average molecular weight is 345 g/mol. The molecule has 2 nitrogen and oxygen atoms in total. The van der Waals surface area contributed by atoms with Crippen molar-refractivity contribution in [2.75, 3.05) is 0 Å². The van der Waals surface area contributed by atoms with Gasteiger partial charge in [-0.15, -0.1) is 0 Å². The number of hydrogen-bond donors (Lipinski definition) is 0. The summed E-state index contributed by atoms with van der Waals surface area (Å²) in [4.78, 5) is 15.7. The Balaban J connectivity index is 2.30. The molecule has 0 radical (unpaired) electrons. The Labute approximate surface area is 153 Å². The van der Waals surface area contributed by atoms with E-state index in [-0.39, 0.29) is 11.7 Å². The molecule has 0 saturated carbocycles. The third-order valence-electron chi connectivity index (χ3n) is 4.20. The van der Waals surface area contributed by atoms with E-state index in [2.05, 4.69) is 13.8 Å². The first-order valence-electron chi connectivity index (χ1n) is 8.58. The molecule has 0 unspecified atom stereocenters. The minimum Gasteiger partial charge on any atom is -0.299 e. The van der Waals surface area contributed by atoms with Crippen molar-refractivity contribution in [3.63, 3.8) is 0 Å². The highest BCUT2D eigenvalue weighted by Crippen LogP contribution is 2.34. The van der Waals surface area contributed by atoms with E-state index in [9.17, 15) is 9.18 Å². The molecule has 3 heteroatoms. The van der Waals surface area contributed by atoms with Crippen molar-refractivity contribution < 1.29 is 9.18 Å². The average Bonchev–Trinajstić information content (AvgIpc) is 2.67. The molecule has 2 aromatic carbocycles. The number of rotatable bonds is 5. The number of nitrogens with zero attached hydrogens (tertiary/aromatic N) is 1. The lowest BCUT2D eigenvalue weighted by atomic mass is 9.92. The topological polar surface area (TPSA) is 30.0 Å². The van der Waals surface area contributed by atoms with Gasteiger partial charge in [0, 0.05) is 11.1 Å². The van der Waals surface area contributed by atoms with Crippen LogP contribution in [-0.4, -0.2) is 11.3 Å². The minimum atomic E-state index is -0.278. The van der Waals surface area contributed by atoms with Crippen LogP contribution in [0.5, 0.6) is 0 Å². The quantitative estimate of drug-likeness (QED) is 0.426. The van der Waals surface area contributed by atoms with E-state index >= 15 is 0 Å². The minimum absolute atomic E-state index is 0.171. The number of hydrogen-bond acceptors (Lipinski definition) is 2. The Kier molecular flexibility index (Phi) is 5.37.